The molecule has 9 heteroatoms. The number of benzene rings is 1. The molecular formula is C15H11ClN4O3S. The number of halogens is 1. The van der Waals surface area contributed by atoms with E-state index in [2.05, 4.69) is 15.5 Å². The predicted molar refractivity (Wildman–Crippen MR) is 90.2 cm³/mol. The summed E-state index contributed by atoms with van der Waals surface area (Å²) >= 11 is 7.52. The first kappa shape index (κ1) is 15.0. The summed E-state index contributed by atoms with van der Waals surface area (Å²) in [7, 11) is 0. The highest BCUT2D eigenvalue weighted by Crippen LogP contribution is 2.30. The third-order valence-electron chi connectivity index (χ3n) is 3.42. The number of nitrogens with one attached hydrogen (secondary N) is 1. The summed E-state index contributed by atoms with van der Waals surface area (Å²) in [5.41, 5.74) is 3.03. The quantitative estimate of drug-likeness (QED) is 0.573. The number of rotatable bonds is 3. The zero-order valence-electron chi connectivity index (χ0n) is 12.2. The molecule has 0 spiro atoms. The first-order chi connectivity index (χ1) is 11.7. The third kappa shape index (κ3) is 2.70. The zero-order valence-corrected chi connectivity index (χ0v) is 13.8. The average Bonchev–Trinajstić information content (AvgIpc) is 3.16. The van der Waals surface area contributed by atoms with Gasteiger partial charge in [-0.05, 0) is 12.1 Å². The number of nitrogens with zero attached hydrogens (tertiary/aromatic N) is 3. The fourth-order valence-electron chi connectivity index (χ4n) is 2.27. The molecule has 0 aliphatic carbocycles. The second-order valence-corrected chi connectivity index (χ2v) is 6.17. The standard InChI is InChI=1S/C15H11ClN4O3S/c16-13-9(20-5-6-24-15(20)18-13)7-17-19-14(21)12-8-22-10-3-1-2-4-11(10)23-12/h1-7,12H,8H2,(H,19,21). The molecule has 0 radical (unpaired) electrons. The molecule has 1 aliphatic rings. The average molecular weight is 363 g/mol. The highest BCUT2D eigenvalue weighted by Gasteiger charge is 2.27. The van der Waals surface area contributed by atoms with Crippen molar-refractivity contribution in [2.24, 2.45) is 5.10 Å². The van der Waals surface area contributed by atoms with Gasteiger partial charge in [-0.25, -0.2) is 10.4 Å². The second kappa shape index (κ2) is 6.14. The number of hydrogen-bond donors (Lipinski definition) is 1. The summed E-state index contributed by atoms with van der Waals surface area (Å²) in [6, 6.07) is 7.19. The van der Waals surface area contributed by atoms with Crippen LogP contribution in [-0.4, -0.2) is 34.2 Å². The van der Waals surface area contributed by atoms with Gasteiger partial charge in [-0.3, -0.25) is 9.20 Å². The molecule has 3 aromatic rings. The van der Waals surface area contributed by atoms with Crippen LogP contribution in [0.3, 0.4) is 0 Å². The summed E-state index contributed by atoms with van der Waals surface area (Å²) in [6.45, 7) is 0.126. The maximum Gasteiger partial charge on any atom is 0.284 e. The number of carbonyl (C=O) groups excluding carboxylic acids is 1. The number of thiazole rings is 1. The van der Waals surface area contributed by atoms with Gasteiger partial charge in [0.1, 0.15) is 12.3 Å². The van der Waals surface area contributed by atoms with E-state index >= 15 is 0 Å². The Labute approximate surface area is 145 Å². The number of carbonyl (C=O) groups is 1. The highest BCUT2D eigenvalue weighted by atomic mass is 35.5. The molecule has 122 valence electrons. The van der Waals surface area contributed by atoms with Gasteiger partial charge in [0.05, 0.1) is 6.21 Å². The maximum absolute atomic E-state index is 12.2. The lowest BCUT2D eigenvalue weighted by Crippen LogP contribution is -2.42. The number of ether oxygens (including phenoxy) is 2. The van der Waals surface area contributed by atoms with Crippen molar-refractivity contribution in [3.63, 3.8) is 0 Å². The van der Waals surface area contributed by atoms with E-state index in [9.17, 15) is 4.79 Å². The van der Waals surface area contributed by atoms with Crippen LogP contribution in [-0.2, 0) is 4.79 Å². The number of imidazole rings is 1. The molecule has 1 atom stereocenters. The van der Waals surface area contributed by atoms with Crippen LogP contribution < -0.4 is 14.9 Å². The number of fused-ring (bicyclic) bond motifs is 2. The Morgan fingerprint density at radius 2 is 2.29 bits per heavy atom. The van der Waals surface area contributed by atoms with Crippen molar-refractivity contribution < 1.29 is 14.3 Å². The van der Waals surface area contributed by atoms with Crippen molar-refractivity contribution in [2.45, 2.75) is 6.10 Å². The Morgan fingerprint density at radius 3 is 3.17 bits per heavy atom. The summed E-state index contributed by atoms with van der Waals surface area (Å²) in [4.78, 5) is 17.1. The molecule has 1 aliphatic heterocycles. The van der Waals surface area contributed by atoms with Crippen LogP contribution in [0.15, 0.2) is 40.9 Å². The molecule has 1 N–H and O–H groups in total. The molecule has 2 aromatic heterocycles. The van der Waals surface area contributed by atoms with Gasteiger partial charge in [-0.2, -0.15) is 5.10 Å². The van der Waals surface area contributed by atoms with E-state index in [1.54, 1.807) is 16.5 Å². The highest BCUT2D eigenvalue weighted by molar-refractivity contribution is 7.15. The Morgan fingerprint density at radius 1 is 1.46 bits per heavy atom. The van der Waals surface area contributed by atoms with Crippen molar-refractivity contribution in [1.29, 1.82) is 0 Å². The Hall–Kier alpha value is -2.58. The van der Waals surface area contributed by atoms with Crippen molar-refractivity contribution in [3.8, 4) is 11.5 Å². The van der Waals surface area contributed by atoms with Crippen molar-refractivity contribution in [3.05, 3.63) is 46.7 Å². The van der Waals surface area contributed by atoms with Gasteiger partial charge in [-0.1, -0.05) is 23.7 Å². The lowest BCUT2D eigenvalue weighted by atomic mass is 10.2. The van der Waals surface area contributed by atoms with Crippen molar-refractivity contribution >= 4 is 40.0 Å². The summed E-state index contributed by atoms with van der Waals surface area (Å²) in [6.07, 6.45) is 2.51. The van der Waals surface area contributed by atoms with Crippen LogP contribution in [0.1, 0.15) is 5.69 Å². The van der Waals surface area contributed by atoms with E-state index in [4.69, 9.17) is 21.1 Å². The smallest absolute Gasteiger partial charge is 0.284 e. The third-order valence-corrected chi connectivity index (χ3v) is 4.45. The van der Waals surface area contributed by atoms with Crippen LogP contribution in [0.5, 0.6) is 11.5 Å². The Kier molecular flexibility index (Phi) is 3.83. The predicted octanol–water partition coefficient (Wildman–Crippen LogP) is 2.34. The van der Waals surface area contributed by atoms with Crippen molar-refractivity contribution in [2.75, 3.05) is 6.61 Å². The minimum atomic E-state index is -0.765. The van der Waals surface area contributed by atoms with Gasteiger partial charge in [0.15, 0.2) is 21.6 Å². The molecule has 0 bridgehead atoms. The van der Waals surface area contributed by atoms with E-state index in [0.717, 1.165) is 4.96 Å². The van der Waals surface area contributed by atoms with Gasteiger partial charge < -0.3 is 9.47 Å². The molecule has 7 nitrogen and oxygen atoms in total. The van der Waals surface area contributed by atoms with Gasteiger partial charge in [0.25, 0.3) is 5.91 Å². The fraction of sp³-hybridized carbons (Fsp3) is 0.133. The molecule has 0 saturated heterocycles. The molecule has 0 fully saturated rings. The molecule has 1 unspecified atom stereocenters. The molecular weight excluding hydrogens is 352 g/mol. The number of aromatic nitrogens is 2. The van der Waals surface area contributed by atoms with E-state index in [0.29, 0.717) is 22.3 Å². The van der Waals surface area contributed by atoms with Gasteiger partial charge in [0.2, 0.25) is 6.10 Å². The number of amides is 1. The second-order valence-electron chi connectivity index (χ2n) is 4.94. The van der Waals surface area contributed by atoms with Crippen LogP contribution in [0, 0.1) is 0 Å². The summed E-state index contributed by atoms with van der Waals surface area (Å²) in [5.74, 6) is 0.755. The Bertz CT molecular complexity index is 936. The van der Waals surface area contributed by atoms with Crippen LogP contribution in [0.4, 0.5) is 0 Å². The minimum Gasteiger partial charge on any atom is -0.485 e. The molecule has 0 saturated carbocycles. The number of para-hydroxylation sites is 2. The van der Waals surface area contributed by atoms with E-state index in [1.807, 2.05) is 23.7 Å². The molecule has 3 heterocycles. The van der Waals surface area contributed by atoms with Crippen LogP contribution in [0.2, 0.25) is 5.15 Å². The van der Waals surface area contributed by atoms with E-state index in [-0.39, 0.29) is 6.61 Å². The number of hydrogen-bond acceptors (Lipinski definition) is 6. The largest absolute Gasteiger partial charge is 0.485 e. The van der Waals surface area contributed by atoms with Crippen molar-refractivity contribution in [1.82, 2.24) is 14.8 Å². The molecule has 1 amide bonds. The summed E-state index contributed by atoms with van der Waals surface area (Å²) < 4.78 is 12.9. The lowest BCUT2D eigenvalue weighted by molar-refractivity contribution is -0.130. The minimum absolute atomic E-state index is 0.126. The van der Waals surface area contributed by atoms with E-state index in [1.165, 1.54) is 17.6 Å². The monoisotopic (exact) mass is 362 g/mol. The van der Waals surface area contributed by atoms with Gasteiger partial charge in [0, 0.05) is 11.6 Å². The number of hydrazone groups is 1. The van der Waals surface area contributed by atoms with E-state index < -0.39 is 12.0 Å². The van der Waals surface area contributed by atoms with Crippen LogP contribution >= 0.6 is 22.9 Å². The van der Waals surface area contributed by atoms with Gasteiger partial charge >= 0.3 is 0 Å². The maximum atomic E-state index is 12.2. The molecule has 24 heavy (non-hydrogen) atoms. The van der Waals surface area contributed by atoms with Crippen LogP contribution in [0.25, 0.3) is 4.96 Å². The van der Waals surface area contributed by atoms with Gasteiger partial charge in [-0.15, -0.1) is 11.3 Å². The molecule has 4 rings (SSSR count). The lowest BCUT2D eigenvalue weighted by Gasteiger charge is -2.24. The Balaban J connectivity index is 1.44. The first-order valence-electron chi connectivity index (χ1n) is 7.05. The SMILES string of the molecule is O=C(NN=Cc1c(Cl)nc2sccn12)C1COc2ccccc2O1. The zero-order chi connectivity index (χ0) is 16.5. The first-order valence-corrected chi connectivity index (χ1v) is 8.30. The fourth-order valence-corrected chi connectivity index (χ4v) is 3.26. The normalized spacial score (nSPS) is 16.6. The summed E-state index contributed by atoms with van der Waals surface area (Å²) in [5, 5.41) is 6.15. The molecule has 1 aromatic carbocycles. The topological polar surface area (TPSA) is 77.2 Å².